The van der Waals surface area contributed by atoms with Crippen LogP contribution in [0.4, 0.5) is 17.1 Å². The van der Waals surface area contributed by atoms with Crippen molar-refractivity contribution < 1.29 is 14.4 Å². The number of para-hydroxylation sites is 3. The van der Waals surface area contributed by atoms with Crippen molar-refractivity contribution in [2.45, 2.75) is 19.3 Å². The molecule has 0 bridgehead atoms. The van der Waals surface area contributed by atoms with Crippen molar-refractivity contribution in [3.05, 3.63) is 139 Å². The van der Waals surface area contributed by atoms with Crippen molar-refractivity contribution in [3.8, 4) is 0 Å². The zero-order valence-electron chi connectivity index (χ0n) is 21.1. The number of amides is 2. The molecule has 4 aromatic carbocycles. The van der Waals surface area contributed by atoms with Crippen molar-refractivity contribution in [2.75, 3.05) is 16.4 Å². The first-order valence-electron chi connectivity index (χ1n) is 12.2. The van der Waals surface area contributed by atoms with Crippen LogP contribution in [0.3, 0.4) is 0 Å². The number of rotatable bonds is 9. The van der Waals surface area contributed by atoms with Crippen LogP contribution in [0.15, 0.2) is 122 Å². The highest BCUT2D eigenvalue weighted by atomic mass is 16.2. The lowest BCUT2D eigenvalue weighted by Crippen LogP contribution is -2.16. The summed E-state index contributed by atoms with van der Waals surface area (Å²) in [7, 11) is 0. The molecule has 2 amide bonds. The number of ketones is 1. The number of benzene rings is 4. The Morgan fingerprint density at radius 3 is 1.58 bits per heavy atom. The fourth-order valence-corrected chi connectivity index (χ4v) is 3.62. The molecule has 4 rings (SSSR count). The third kappa shape index (κ3) is 9.24. The second kappa shape index (κ2) is 14.6. The molecule has 0 aliphatic heterocycles. The first-order valence-corrected chi connectivity index (χ1v) is 12.2. The highest BCUT2D eigenvalue weighted by Crippen LogP contribution is 2.18. The molecule has 0 radical (unpaired) electrons. The van der Waals surface area contributed by atoms with E-state index in [4.69, 9.17) is 5.73 Å². The van der Waals surface area contributed by atoms with Crippen LogP contribution in [-0.2, 0) is 33.6 Å². The topological polar surface area (TPSA) is 101 Å². The van der Waals surface area contributed by atoms with E-state index in [1.807, 2.05) is 91.0 Å². The van der Waals surface area contributed by atoms with Crippen molar-refractivity contribution >= 4 is 34.7 Å². The van der Waals surface area contributed by atoms with Gasteiger partial charge in [-0.05, 0) is 41.0 Å². The third-order valence-electron chi connectivity index (χ3n) is 5.53. The van der Waals surface area contributed by atoms with E-state index in [0.717, 1.165) is 16.7 Å². The molecule has 4 N–H and O–H groups in total. The van der Waals surface area contributed by atoms with Gasteiger partial charge in [-0.25, -0.2) is 0 Å². The standard InChI is InChI=1S/C18H17NO2.C14H14N2O/c1-2-16(20)13-15-10-6-7-11-17(15)19-18(21)12-14-8-4-3-5-9-14;15-12-8-4-5-9-13(12)16-14(17)10-11-6-2-1-3-7-11/h2-11H,1,12-13H2,(H,19,21);1-9H,10,15H2,(H,16,17). The normalized spacial score (nSPS) is 9.89. The maximum absolute atomic E-state index is 12.1. The molecular formula is C32H31N3O3. The first kappa shape index (κ1) is 27.6. The molecule has 6 heteroatoms. The minimum Gasteiger partial charge on any atom is -0.397 e. The predicted octanol–water partition coefficient (Wildman–Crippen LogP) is 5.62. The van der Waals surface area contributed by atoms with Crippen molar-refractivity contribution in [1.82, 2.24) is 0 Å². The predicted molar refractivity (Wildman–Crippen MR) is 154 cm³/mol. The zero-order chi connectivity index (χ0) is 27.2. The summed E-state index contributed by atoms with van der Waals surface area (Å²) in [4.78, 5) is 35.3. The lowest BCUT2D eigenvalue weighted by atomic mass is 10.1. The monoisotopic (exact) mass is 505 g/mol. The van der Waals surface area contributed by atoms with Gasteiger partial charge in [0.25, 0.3) is 0 Å². The van der Waals surface area contributed by atoms with Crippen LogP contribution in [0.5, 0.6) is 0 Å². The minimum absolute atomic E-state index is 0.0610. The number of carbonyl (C=O) groups is 3. The van der Waals surface area contributed by atoms with E-state index in [2.05, 4.69) is 17.2 Å². The molecule has 6 nitrogen and oxygen atoms in total. The molecule has 0 aliphatic carbocycles. The molecule has 0 atom stereocenters. The Morgan fingerprint density at radius 2 is 1.05 bits per heavy atom. The van der Waals surface area contributed by atoms with Gasteiger partial charge >= 0.3 is 0 Å². The number of allylic oxidation sites excluding steroid dienone is 1. The Kier molecular flexibility index (Phi) is 10.6. The molecule has 0 saturated carbocycles. The van der Waals surface area contributed by atoms with E-state index < -0.39 is 0 Å². The van der Waals surface area contributed by atoms with Crippen LogP contribution < -0.4 is 16.4 Å². The van der Waals surface area contributed by atoms with E-state index in [0.29, 0.717) is 29.9 Å². The van der Waals surface area contributed by atoms with E-state index >= 15 is 0 Å². The molecule has 0 aliphatic rings. The summed E-state index contributed by atoms with van der Waals surface area (Å²) in [6.45, 7) is 3.47. The SMILES string of the molecule is C=CC(=O)Cc1ccccc1NC(=O)Cc1ccccc1.Nc1ccccc1NC(=O)Cc1ccccc1. The van der Waals surface area contributed by atoms with Gasteiger partial charge in [-0.3, -0.25) is 14.4 Å². The van der Waals surface area contributed by atoms with Gasteiger partial charge in [-0.2, -0.15) is 0 Å². The lowest BCUT2D eigenvalue weighted by Gasteiger charge is -2.10. The second-order valence-corrected chi connectivity index (χ2v) is 8.51. The summed E-state index contributed by atoms with van der Waals surface area (Å²) in [5.74, 6) is -0.228. The minimum atomic E-state index is -0.0975. The Hall–Kier alpha value is -4.97. The van der Waals surface area contributed by atoms with Gasteiger partial charge in [-0.15, -0.1) is 0 Å². The van der Waals surface area contributed by atoms with E-state index in [9.17, 15) is 14.4 Å². The molecular weight excluding hydrogens is 474 g/mol. The molecule has 38 heavy (non-hydrogen) atoms. The number of hydrogen-bond acceptors (Lipinski definition) is 4. The third-order valence-corrected chi connectivity index (χ3v) is 5.53. The van der Waals surface area contributed by atoms with Crippen molar-refractivity contribution in [3.63, 3.8) is 0 Å². The van der Waals surface area contributed by atoms with Crippen LogP contribution in [0.25, 0.3) is 0 Å². The van der Waals surface area contributed by atoms with Gasteiger partial charge in [0, 0.05) is 12.1 Å². The van der Waals surface area contributed by atoms with Crippen LogP contribution in [-0.4, -0.2) is 17.6 Å². The summed E-state index contributed by atoms with van der Waals surface area (Å²) in [6.07, 6.45) is 2.20. The molecule has 0 heterocycles. The molecule has 0 fully saturated rings. The van der Waals surface area contributed by atoms with Gasteiger partial charge in [0.05, 0.1) is 24.2 Å². The second-order valence-electron chi connectivity index (χ2n) is 8.51. The van der Waals surface area contributed by atoms with Crippen molar-refractivity contribution in [1.29, 1.82) is 0 Å². The summed E-state index contributed by atoms with van der Waals surface area (Å²) < 4.78 is 0. The molecule has 0 spiro atoms. The molecule has 0 aromatic heterocycles. The Balaban J connectivity index is 0.000000215. The van der Waals surface area contributed by atoms with E-state index in [1.54, 1.807) is 18.2 Å². The van der Waals surface area contributed by atoms with E-state index in [-0.39, 0.29) is 24.0 Å². The average Bonchev–Trinajstić information content (AvgIpc) is 2.92. The largest absolute Gasteiger partial charge is 0.397 e. The highest BCUT2D eigenvalue weighted by Gasteiger charge is 2.09. The first-order chi connectivity index (χ1) is 18.4. The summed E-state index contributed by atoms with van der Waals surface area (Å²) in [5.41, 5.74) is 10.4. The van der Waals surface area contributed by atoms with Gasteiger partial charge in [0.1, 0.15) is 0 Å². The molecule has 4 aromatic rings. The lowest BCUT2D eigenvalue weighted by molar-refractivity contribution is -0.116. The summed E-state index contributed by atoms with van der Waals surface area (Å²) in [6, 6.07) is 33.7. The maximum atomic E-state index is 12.1. The quantitative estimate of drug-likeness (QED) is 0.203. The van der Waals surface area contributed by atoms with Crippen LogP contribution in [0.2, 0.25) is 0 Å². The Bertz CT molecular complexity index is 1370. The Labute approximate surface area is 223 Å². The van der Waals surface area contributed by atoms with Gasteiger partial charge in [-0.1, -0.05) is 97.6 Å². The van der Waals surface area contributed by atoms with E-state index in [1.165, 1.54) is 6.08 Å². The number of hydrogen-bond donors (Lipinski definition) is 3. The van der Waals surface area contributed by atoms with Gasteiger partial charge < -0.3 is 16.4 Å². The van der Waals surface area contributed by atoms with Crippen LogP contribution in [0.1, 0.15) is 16.7 Å². The summed E-state index contributed by atoms with van der Waals surface area (Å²) >= 11 is 0. The van der Waals surface area contributed by atoms with Crippen LogP contribution in [0, 0.1) is 0 Å². The molecule has 192 valence electrons. The van der Waals surface area contributed by atoms with Gasteiger partial charge in [0.2, 0.25) is 11.8 Å². The number of nitrogens with two attached hydrogens (primary N) is 1. The Morgan fingerprint density at radius 1 is 0.605 bits per heavy atom. The number of anilines is 3. The summed E-state index contributed by atoms with van der Waals surface area (Å²) in [5, 5.41) is 5.66. The fraction of sp³-hybridized carbons (Fsp3) is 0.0938. The maximum Gasteiger partial charge on any atom is 0.228 e. The smallest absolute Gasteiger partial charge is 0.228 e. The average molecular weight is 506 g/mol. The fourth-order valence-electron chi connectivity index (χ4n) is 3.62. The number of nitrogens with one attached hydrogen (secondary N) is 2. The molecule has 0 unspecified atom stereocenters. The van der Waals surface area contributed by atoms with Gasteiger partial charge in [0.15, 0.2) is 5.78 Å². The van der Waals surface area contributed by atoms with Crippen molar-refractivity contribution in [2.24, 2.45) is 0 Å². The number of nitrogen functional groups attached to an aromatic ring is 1. The van der Waals surface area contributed by atoms with Crippen LogP contribution >= 0.6 is 0 Å². The number of carbonyl (C=O) groups excluding carboxylic acids is 3. The highest BCUT2D eigenvalue weighted by molar-refractivity contribution is 5.96. The molecule has 0 saturated heterocycles. The zero-order valence-corrected chi connectivity index (χ0v) is 21.1.